The summed E-state index contributed by atoms with van der Waals surface area (Å²) in [6, 6.07) is 0. The van der Waals surface area contributed by atoms with E-state index in [1.165, 1.54) is 7.11 Å². The first-order valence-corrected chi connectivity index (χ1v) is 2.88. The van der Waals surface area contributed by atoms with Crippen LogP contribution in [0, 0.1) is 11.8 Å². The average molecular weight is 141 g/mol. The Morgan fingerprint density at radius 1 is 1.60 bits per heavy atom. The first kappa shape index (κ1) is 8.99. The Labute approximate surface area is 61.0 Å². The number of methoxy groups -OCH3 is 1. The third-order valence-corrected chi connectivity index (χ3v) is 0.771. The quantitative estimate of drug-likeness (QED) is 0.286. The number of esters is 1. The normalized spacial score (nSPS) is 8.40. The second-order valence-corrected chi connectivity index (χ2v) is 2.03. The van der Waals surface area contributed by atoms with Gasteiger partial charge in [0.1, 0.15) is 0 Å². The van der Waals surface area contributed by atoms with E-state index in [1.807, 2.05) is 19.0 Å². The van der Waals surface area contributed by atoms with Crippen LogP contribution in [0.4, 0.5) is 0 Å². The molecule has 0 N–H and O–H groups in total. The van der Waals surface area contributed by atoms with E-state index in [-0.39, 0.29) is 0 Å². The van der Waals surface area contributed by atoms with Crippen molar-refractivity contribution in [3.8, 4) is 11.8 Å². The highest BCUT2D eigenvalue weighted by atomic mass is 16.5. The zero-order chi connectivity index (χ0) is 7.98. The summed E-state index contributed by atoms with van der Waals surface area (Å²) in [5.41, 5.74) is 0. The van der Waals surface area contributed by atoms with Gasteiger partial charge in [-0.2, -0.15) is 0 Å². The maximum Gasteiger partial charge on any atom is 0.384 e. The summed E-state index contributed by atoms with van der Waals surface area (Å²) >= 11 is 0. The second kappa shape index (κ2) is 4.83. The standard InChI is InChI=1S/C7H11NO2/c1-8(2)6-4-5-7(9)10-3/h6H2,1-3H3. The number of ether oxygens (including phenoxy) is 1. The van der Waals surface area contributed by atoms with Gasteiger partial charge in [0.25, 0.3) is 0 Å². The molecule has 10 heavy (non-hydrogen) atoms. The first-order valence-electron chi connectivity index (χ1n) is 2.88. The van der Waals surface area contributed by atoms with Gasteiger partial charge < -0.3 is 4.74 Å². The Morgan fingerprint density at radius 2 is 2.20 bits per heavy atom. The minimum atomic E-state index is -0.484. The van der Waals surface area contributed by atoms with E-state index < -0.39 is 5.97 Å². The molecule has 0 atom stereocenters. The highest BCUT2D eigenvalue weighted by Gasteiger charge is 1.88. The third-order valence-electron chi connectivity index (χ3n) is 0.771. The van der Waals surface area contributed by atoms with E-state index in [0.717, 1.165) is 0 Å². The second-order valence-electron chi connectivity index (χ2n) is 2.03. The van der Waals surface area contributed by atoms with E-state index >= 15 is 0 Å². The van der Waals surface area contributed by atoms with Crippen LogP contribution in [-0.4, -0.2) is 38.6 Å². The molecule has 0 aromatic carbocycles. The minimum absolute atomic E-state index is 0.484. The molecular weight excluding hydrogens is 130 g/mol. The molecule has 0 aliphatic carbocycles. The summed E-state index contributed by atoms with van der Waals surface area (Å²) in [6.07, 6.45) is 0. The molecule has 0 unspecified atom stereocenters. The molecule has 0 saturated heterocycles. The first-order chi connectivity index (χ1) is 4.66. The van der Waals surface area contributed by atoms with Gasteiger partial charge in [-0.05, 0) is 14.1 Å². The summed E-state index contributed by atoms with van der Waals surface area (Å²) in [6.45, 7) is 0.578. The maximum atomic E-state index is 10.4. The molecule has 0 saturated carbocycles. The van der Waals surface area contributed by atoms with Crippen molar-refractivity contribution in [3.63, 3.8) is 0 Å². The van der Waals surface area contributed by atoms with Crippen LogP contribution >= 0.6 is 0 Å². The molecule has 0 rings (SSSR count). The van der Waals surface area contributed by atoms with Crippen LogP contribution in [-0.2, 0) is 9.53 Å². The number of carbonyl (C=O) groups excluding carboxylic acids is 1. The van der Waals surface area contributed by atoms with E-state index in [4.69, 9.17) is 0 Å². The van der Waals surface area contributed by atoms with Crippen LogP contribution in [0.25, 0.3) is 0 Å². The van der Waals surface area contributed by atoms with E-state index in [0.29, 0.717) is 6.54 Å². The van der Waals surface area contributed by atoms with Gasteiger partial charge in [0.15, 0.2) is 0 Å². The zero-order valence-corrected chi connectivity index (χ0v) is 6.47. The topological polar surface area (TPSA) is 29.5 Å². The molecule has 0 bridgehead atoms. The molecule has 3 nitrogen and oxygen atoms in total. The molecule has 56 valence electrons. The predicted molar refractivity (Wildman–Crippen MR) is 38.3 cm³/mol. The van der Waals surface area contributed by atoms with Crippen molar-refractivity contribution in [2.75, 3.05) is 27.7 Å². The Morgan fingerprint density at radius 3 is 2.60 bits per heavy atom. The van der Waals surface area contributed by atoms with Crippen molar-refractivity contribution in [2.45, 2.75) is 0 Å². The predicted octanol–water partition coefficient (Wildman–Crippen LogP) is -0.276. The van der Waals surface area contributed by atoms with Gasteiger partial charge in [-0.1, -0.05) is 5.92 Å². The SMILES string of the molecule is COC(=O)C#CCN(C)C. The molecule has 3 heteroatoms. The molecule has 0 aromatic heterocycles. The molecule has 0 radical (unpaired) electrons. The number of hydrogen-bond acceptors (Lipinski definition) is 3. The summed E-state index contributed by atoms with van der Waals surface area (Å²) in [4.78, 5) is 12.2. The van der Waals surface area contributed by atoms with Crippen LogP contribution in [0.2, 0.25) is 0 Å². The molecule has 0 aromatic rings. The van der Waals surface area contributed by atoms with Crippen LogP contribution in [0.5, 0.6) is 0 Å². The van der Waals surface area contributed by atoms with Crippen LogP contribution in [0.3, 0.4) is 0 Å². The lowest BCUT2D eigenvalue weighted by Crippen LogP contribution is -2.11. The van der Waals surface area contributed by atoms with Gasteiger partial charge in [-0.3, -0.25) is 4.90 Å². The van der Waals surface area contributed by atoms with Gasteiger partial charge in [0, 0.05) is 5.92 Å². The number of rotatable bonds is 1. The highest BCUT2D eigenvalue weighted by Crippen LogP contribution is 1.71. The fraction of sp³-hybridized carbons (Fsp3) is 0.571. The van der Waals surface area contributed by atoms with Crippen LogP contribution < -0.4 is 0 Å². The summed E-state index contributed by atoms with van der Waals surface area (Å²) in [7, 11) is 5.07. The monoisotopic (exact) mass is 141 g/mol. The molecule has 0 aliphatic rings. The lowest BCUT2D eigenvalue weighted by molar-refractivity contribution is -0.133. The molecule has 0 amide bonds. The lowest BCUT2D eigenvalue weighted by Gasteiger charge is -2.00. The van der Waals surface area contributed by atoms with Crippen molar-refractivity contribution in [1.82, 2.24) is 4.90 Å². The van der Waals surface area contributed by atoms with Crippen molar-refractivity contribution in [2.24, 2.45) is 0 Å². The van der Waals surface area contributed by atoms with Gasteiger partial charge in [-0.15, -0.1) is 0 Å². The van der Waals surface area contributed by atoms with Gasteiger partial charge in [-0.25, -0.2) is 4.79 Å². The van der Waals surface area contributed by atoms with Crippen molar-refractivity contribution in [3.05, 3.63) is 0 Å². The van der Waals surface area contributed by atoms with Gasteiger partial charge >= 0.3 is 5.97 Å². The summed E-state index contributed by atoms with van der Waals surface area (Å²) < 4.78 is 4.30. The van der Waals surface area contributed by atoms with Crippen molar-refractivity contribution in [1.29, 1.82) is 0 Å². The van der Waals surface area contributed by atoms with E-state index in [9.17, 15) is 4.79 Å². The summed E-state index contributed by atoms with van der Waals surface area (Å²) in [5.74, 6) is 4.46. The Hall–Kier alpha value is -1.01. The zero-order valence-electron chi connectivity index (χ0n) is 6.47. The number of carbonyl (C=O) groups is 1. The fourth-order valence-electron chi connectivity index (χ4n) is 0.321. The van der Waals surface area contributed by atoms with E-state index in [1.54, 1.807) is 0 Å². The number of nitrogens with zero attached hydrogens (tertiary/aromatic N) is 1. The summed E-state index contributed by atoms with van der Waals surface area (Å²) in [5, 5.41) is 0. The molecule has 0 fully saturated rings. The average Bonchev–Trinajstić information content (AvgIpc) is 1.87. The van der Waals surface area contributed by atoms with Crippen molar-refractivity contribution < 1.29 is 9.53 Å². The Kier molecular flexibility index (Phi) is 4.34. The minimum Gasteiger partial charge on any atom is -0.459 e. The van der Waals surface area contributed by atoms with Crippen molar-refractivity contribution >= 4 is 5.97 Å². The van der Waals surface area contributed by atoms with E-state index in [2.05, 4.69) is 16.6 Å². The molecular formula is C7H11NO2. The Balaban J connectivity index is 3.59. The Bertz CT molecular complexity index is 164. The lowest BCUT2D eigenvalue weighted by atomic mass is 10.5. The number of hydrogen-bond donors (Lipinski definition) is 0. The maximum absolute atomic E-state index is 10.4. The van der Waals surface area contributed by atoms with Crippen LogP contribution in [0.15, 0.2) is 0 Å². The largest absolute Gasteiger partial charge is 0.459 e. The van der Waals surface area contributed by atoms with Crippen LogP contribution in [0.1, 0.15) is 0 Å². The van der Waals surface area contributed by atoms with Gasteiger partial charge in [0.05, 0.1) is 13.7 Å². The fourth-order valence-corrected chi connectivity index (χ4v) is 0.321. The molecule has 0 heterocycles. The smallest absolute Gasteiger partial charge is 0.384 e. The van der Waals surface area contributed by atoms with Gasteiger partial charge in [0.2, 0.25) is 0 Å². The highest BCUT2D eigenvalue weighted by molar-refractivity contribution is 5.88. The molecule has 0 aliphatic heterocycles. The third kappa shape index (κ3) is 5.13. The molecule has 0 spiro atoms.